The molecule has 1 aliphatic heterocycles. The highest BCUT2D eigenvalue weighted by atomic mass is 16.4. The molecule has 0 saturated carbocycles. The van der Waals surface area contributed by atoms with Gasteiger partial charge in [-0.15, -0.1) is 0 Å². The Morgan fingerprint density at radius 2 is 1.64 bits per heavy atom. The van der Waals surface area contributed by atoms with Crippen LogP contribution in [0.1, 0.15) is 18.4 Å². The number of amides is 3. The largest absolute Gasteiger partial charge is 0.480 e. The average molecular weight is 381 g/mol. The Hall–Kier alpha value is -3.19. The van der Waals surface area contributed by atoms with Gasteiger partial charge in [0, 0.05) is 6.42 Å². The molecule has 3 N–H and O–H groups in total. The van der Waals surface area contributed by atoms with E-state index in [1.807, 2.05) is 30.3 Å². The Morgan fingerprint density at radius 1 is 1.04 bits per heavy atom. The molecule has 0 aromatic heterocycles. The van der Waals surface area contributed by atoms with Gasteiger partial charge in [-0.05, 0) is 37.1 Å². The van der Waals surface area contributed by atoms with Crippen LogP contribution in [-0.2, 0) is 16.0 Å². The van der Waals surface area contributed by atoms with E-state index >= 15 is 0 Å². The Bertz CT molecular complexity index is 841. The zero-order valence-corrected chi connectivity index (χ0v) is 15.4. The van der Waals surface area contributed by atoms with Crippen molar-refractivity contribution in [3.05, 3.63) is 66.2 Å². The SMILES string of the molecule is NCCC[C@@H](C(=O)O)N1C(=O)N(c2ccccc2)C(=O)[C@@H]1Cc1ccccc1. The number of nitrogens with zero attached hydrogens (tertiary/aromatic N) is 2. The summed E-state index contributed by atoms with van der Waals surface area (Å²) >= 11 is 0. The van der Waals surface area contributed by atoms with Gasteiger partial charge in [-0.1, -0.05) is 48.5 Å². The van der Waals surface area contributed by atoms with Crippen LogP contribution in [-0.4, -0.2) is 46.5 Å². The molecule has 146 valence electrons. The molecule has 28 heavy (non-hydrogen) atoms. The number of carbonyl (C=O) groups excluding carboxylic acids is 2. The molecule has 7 heteroatoms. The van der Waals surface area contributed by atoms with Crippen LogP contribution in [0.4, 0.5) is 10.5 Å². The highest BCUT2D eigenvalue weighted by Gasteiger charge is 2.50. The lowest BCUT2D eigenvalue weighted by Gasteiger charge is -2.28. The predicted molar refractivity (Wildman–Crippen MR) is 105 cm³/mol. The lowest BCUT2D eigenvalue weighted by molar-refractivity contribution is -0.143. The molecule has 1 heterocycles. The Kier molecular flexibility index (Phi) is 6.06. The average Bonchev–Trinajstić information content (AvgIpc) is 2.94. The van der Waals surface area contributed by atoms with Crippen LogP contribution in [0.25, 0.3) is 0 Å². The molecule has 0 aliphatic carbocycles. The number of imide groups is 1. The normalized spacial score (nSPS) is 17.8. The second-order valence-electron chi connectivity index (χ2n) is 6.69. The number of carbonyl (C=O) groups is 3. The number of hydrogen-bond acceptors (Lipinski definition) is 4. The zero-order chi connectivity index (χ0) is 20.1. The molecule has 7 nitrogen and oxygen atoms in total. The second-order valence-corrected chi connectivity index (χ2v) is 6.69. The topological polar surface area (TPSA) is 104 Å². The molecule has 2 atom stereocenters. The molecule has 1 saturated heterocycles. The smallest absolute Gasteiger partial charge is 0.332 e. The van der Waals surface area contributed by atoms with Gasteiger partial charge in [0.2, 0.25) is 0 Å². The number of rotatable bonds is 8. The van der Waals surface area contributed by atoms with E-state index in [0.29, 0.717) is 18.7 Å². The molecule has 0 unspecified atom stereocenters. The van der Waals surface area contributed by atoms with E-state index in [4.69, 9.17) is 5.73 Å². The maximum atomic E-state index is 13.2. The van der Waals surface area contributed by atoms with Gasteiger partial charge in [-0.25, -0.2) is 14.5 Å². The van der Waals surface area contributed by atoms with Crippen LogP contribution in [0.2, 0.25) is 0 Å². The third-order valence-electron chi connectivity index (χ3n) is 4.84. The second kappa shape index (κ2) is 8.67. The number of anilines is 1. The number of carboxylic acids is 1. The van der Waals surface area contributed by atoms with E-state index in [2.05, 4.69) is 0 Å². The molecule has 1 fully saturated rings. The van der Waals surface area contributed by atoms with Crippen LogP contribution < -0.4 is 10.6 Å². The first-order valence-corrected chi connectivity index (χ1v) is 9.22. The van der Waals surface area contributed by atoms with Crippen molar-refractivity contribution in [1.82, 2.24) is 4.90 Å². The van der Waals surface area contributed by atoms with E-state index in [9.17, 15) is 19.5 Å². The summed E-state index contributed by atoms with van der Waals surface area (Å²) < 4.78 is 0. The van der Waals surface area contributed by atoms with E-state index in [0.717, 1.165) is 10.5 Å². The van der Waals surface area contributed by atoms with Crippen molar-refractivity contribution in [2.75, 3.05) is 11.4 Å². The van der Waals surface area contributed by atoms with Gasteiger partial charge < -0.3 is 10.8 Å². The molecule has 0 spiro atoms. The molecule has 2 aromatic carbocycles. The van der Waals surface area contributed by atoms with E-state index < -0.39 is 30.0 Å². The molecule has 0 bridgehead atoms. The van der Waals surface area contributed by atoms with Crippen LogP contribution in [0.5, 0.6) is 0 Å². The zero-order valence-electron chi connectivity index (χ0n) is 15.4. The molecule has 2 aromatic rings. The fourth-order valence-electron chi connectivity index (χ4n) is 3.49. The summed E-state index contributed by atoms with van der Waals surface area (Å²) in [5.41, 5.74) is 6.83. The van der Waals surface area contributed by atoms with E-state index in [-0.39, 0.29) is 12.8 Å². The minimum Gasteiger partial charge on any atom is -0.480 e. The van der Waals surface area contributed by atoms with Gasteiger partial charge in [0.15, 0.2) is 0 Å². The van der Waals surface area contributed by atoms with Crippen LogP contribution in [0.15, 0.2) is 60.7 Å². The van der Waals surface area contributed by atoms with Crippen LogP contribution in [0.3, 0.4) is 0 Å². The summed E-state index contributed by atoms with van der Waals surface area (Å²) in [6.45, 7) is 0.311. The third kappa shape index (κ3) is 3.89. The van der Waals surface area contributed by atoms with Crippen molar-refractivity contribution in [1.29, 1.82) is 0 Å². The highest BCUT2D eigenvalue weighted by Crippen LogP contribution is 2.30. The van der Waals surface area contributed by atoms with Crippen LogP contribution in [0, 0.1) is 0 Å². The summed E-state index contributed by atoms with van der Waals surface area (Å²) in [7, 11) is 0. The number of aliphatic carboxylic acids is 1. The fraction of sp³-hybridized carbons (Fsp3) is 0.286. The molecule has 1 aliphatic rings. The molecule has 3 amide bonds. The maximum Gasteiger partial charge on any atom is 0.332 e. The lowest BCUT2D eigenvalue weighted by atomic mass is 10.0. The standard InChI is InChI=1S/C21H23N3O4/c22-13-7-12-17(20(26)27)24-18(14-15-8-3-1-4-9-15)19(25)23(21(24)28)16-10-5-2-6-11-16/h1-6,8-11,17-18H,7,12-14,22H2,(H,26,27)/t17-,18-/m0/s1. The van der Waals surface area contributed by atoms with Gasteiger partial charge in [0.25, 0.3) is 5.91 Å². The summed E-state index contributed by atoms with van der Waals surface area (Å²) in [6, 6.07) is 15.2. The number of urea groups is 1. The quantitative estimate of drug-likeness (QED) is 0.683. The monoisotopic (exact) mass is 381 g/mol. The summed E-state index contributed by atoms with van der Waals surface area (Å²) in [6.07, 6.45) is 0.887. The Labute approximate surface area is 163 Å². The van der Waals surface area contributed by atoms with Gasteiger partial charge in [-0.2, -0.15) is 0 Å². The van der Waals surface area contributed by atoms with Crippen molar-refractivity contribution in [3.63, 3.8) is 0 Å². The Balaban J connectivity index is 2.00. The summed E-state index contributed by atoms with van der Waals surface area (Å²) in [5.74, 6) is -1.55. The minimum absolute atomic E-state index is 0.193. The first-order chi connectivity index (χ1) is 13.5. The van der Waals surface area contributed by atoms with Crippen LogP contribution >= 0.6 is 0 Å². The molecular formula is C21H23N3O4. The maximum absolute atomic E-state index is 13.2. The highest BCUT2D eigenvalue weighted by molar-refractivity contribution is 6.22. The van der Waals surface area contributed by atoms with Crippen molar-refractivity contribution in [2.45, 2.75) is 31.3 Å². The Morgan fingerprint density at radius 3 is 2.21 bits per heavy atom. The molecular weight excluding hydrogens is 358 g/mol. The predicted octanol–water partition coefficient (Wildman–Crippen LogP) is 2.26. The van der Waals surface area contributed by atoms with E-state index in [1.54, 1.807) is 30.3 Å². The first-order valence-electron chi connectivity index (χ1n) is 9.22. The molecule has 0 radical (unpaired) electrons. The minimum atomic E-state index is -1.14. The number of hydrogen-bond donors (Lipinski definition) is 2. The van der Waals surface area contributed by atoms with E-state index in [1.165, 1.54) is 4.90 Å². The van der Waals surface area contributed by atoms with Gasteiger partial charge in [-0.3, -0.25) is 9.69 Å². The molecule has 3 rings (SSSR count). The summed E-state index contributed by atoms with van der Waals surface area (Å²) in [4.78, 5) is 40.5. The van der Waals surface area contributed by atoms with Crippen molar-refractivity contribution in [3.8, 4) is 0 Å². The van der Waals surface area contributed by atoms with Gasteiger partial charge >= 0.3 is 12.0 Å². The fourth-order valence-corrected chi connectivity index (χ4v) is 3.49. The number of carboxylic acid groups (broad SMARTS) is 1. The lowest BCUT2D eigenvalue weighted by Crippen LogP contribution is -2.48. The van der Waals surface area contributed by atoms with Crippen molar-refractivity contribution in [2.24, 2.45) is 5.73 Å². The van der Waals surface area contributed by atoms with Crippen molar-refractivity contribution >= 4 is 23.6 Å². The van der Waals surface area contributed by atoms with Gasteiger partial charge in [0.05, 0.1) is 5.69 Å². The number of para-hydroxylation sites is 1. The number of nitrogens with two attached hydrogens (primary N) is 1. The van der Waals surface area contributed by atoms with Crippen molar-refractivity contribution < 1.29 is 19.5 Å². The number of benzene rings is 2. The first kappa shape index (κ1) is 19.6. The van der Waals surface area contributed by atoms with Gasteiger partial charge in [0.1, 0.15) is 12.1 Å². The summed E-state index contributed by atoms with van der Waals surface area (Å²) in [5, 5.41) is 9.74. The third-order valence-corrected chi connectivity index (χ3v) is 4.84.